The molecule has 8 heteroatoms. The molecular formula is C13H11IN2O5. The molecule has 0 aliphatic carbocycles. The molecule has 1 saturated heterocycles. The van der Waals surface area contributed by atoms with E-state index in [4.69, 9.17) is 5.11 Å². The minimum atomic E-state index is -1.22. The van der Waals surface area contributed by atoms with Crippen molar-refractivity contribution in [3.63, 3.8) is 0 Å². The molecule has 1 aromatic rings. The first-order chi connectivity index (χ1) is 9.93. The number of nitrogens with one attached hydrogen (secondary N) is 1. The Morgan fingerprint density at radius 2 is 1.86 bits per heavy atom. The first-order valence-corrected chi connectivity index (χ1v) is 7.55. The number of hydrazine groups is 1. The van der Waals surface area contributed by atoms with E-state index in [0.29, 0.717) is 5.56 Å². The summed E-state index contributed by atoms with van der Waals surface area (Å²) in [5, 5.41) is 9.94. The lowest BCUT2D eigenvalue weighted by Gasteiger charge is -2.18. The summed E-state index contributed by atoms with van der Waals surface area (Å²) in [7, 11) is 0. The monoisotopic (exact) mass is 402 g/mol. The SMILES string of the molecule is O=C(CI)c1ccc(C(=O)O)c(NN2C(=O)CCC2=O)c1. The number of anilines is 1. The summed E-state index contributed by atoms with van der Waals surface area (Å²) < 4.78 is 0.241. The van der Waals surface area contributed by atoms with Crippen LogP contribution in [0.4, 0.5) is 5.69 Å². The van der Waals surface area contributed by atoms with Crippen LogP contribution in [0.25, 0.3) is 0 Å². The number of alkyl halides is 1. The summed E-state index contributed by atoms with van der Waals surface area (Å²) in [6.45, 7) is 0. The molecule has 7 nitrogen and oxygen atoms in total. The molecule has 2 rings (SSSR count). The number of hydrogen-bond donors (Lipinski definition) is 2. The topological polar surface area (TPSA) is 104 Å². The number of nitrogens with zero attached hydrogens (tertiary/aromatic N) is 1. The molecule has 1 fully saturated rings. The van der Waals surface area contributed by atoms with Gasteiger partial charge in [-0.25, -0.2) is 4.79 Å². The van der Waals surface area contributed by atoms with E-state index in [9.17, 15) is 19.2 Å². The van der Waals surface area contributed by atoms with Crippen LogP contribution >= 0.6 is 22.6 Å². The highest BCUT2D eigenvalue weighted by Gasteiger charge is 2.30. The molecule has 1 aliphatic heterocycles. The van der Waals surface area contributed by atoms with Crippen molar-refractivity contribution in [1.29, 1.82) is 0 Å². The van der Waals surface area contributed by atoms with Crippen molar-refractivity contribution in [2.45, 2.75) is 12.8 Å². The molecular weight excluding hydrogens is 391 g/mol. The van der Waals surface area contributed by atoms with Gasteiger partial charge in [-0.3, -0.25) is 19.8 Å². The number of Topliss-reactive ketones (excluding diaryl/α,β-unsaturated/α-hetero) is 1. The molecule has 2 N–H and O–H groups in total. The Balaban J connectivity index is 2.39. The molecule has 2 amide bonds. The highest BCUT2D eigenvalue weighted by molar-refractivity contribution is 14.1. The van der Waals surface area contributed by atoms with Crippen molar-refractivity contribution in [3.8, 4) is 0 Å². The molecule has 1 heterocycles. The number of carbonyl (C=O) groups is 4. The molecule has 0 bridgehead atoms. The fraction of sp³-hybridized carbons (Fsp3) is 0.231. The fourth-order valence-electron chi connectivity index (χ4n) is 1.90. The van der Waals surface area contributed by atoms with Crippen LogP contribution < -0.4 is 5.43 Å². The van der Waals surface area contributed by atoms with Gasteiger partial charge in [0.05, 0.1) is 15.7 Å². The number of benzene rings is 1. The zero-order valence-corrected chi connectivity index (χ0v) is 12.9. The number of carbonyl (C=O) groups excluding carboxylic acids is 3. The summed E-state index contributed by atoms with van der Waals surface area (Å²) in [6, 6.07) is 4.02. The normalized spacial score (nSPS) is 14.4. The predicted molar refractivity (Wildman–Crippen MR) is 81.3 cm³/mol. The van der Waals surface area contributed by atoms with Gasteiger partial charge < -0.3 is 5.11 Å². The maximum atomic E-state index is 11.7. The van der Waals surface area contributed by atoms with E-state index in [-0.39, 0.29) is 34.3 Å². The largest absolute Gasteiger partial charge is 0.478 e. The Labute approximate surface area is 133 Å². The smallest absolute Gasteiger partial charge is 0.337 e. The van der Waals surface area contributed by atoms with Crippen molar-refractivity contribution in [3.05, 3.63) is 29.3 Å². The standard InChI is InChI=1S/C13H11IN2O5/c14-6-10(17)7-1-2-8(13(20)21)9(5-7)15-16-11(18)3-4-12(16)19/h1-2,5,15H,3-4,6H2,(H,20,21). The van der Waals surface area contributed by atoms with Gasteiger partial charge in [-0.1, -0.05) is 28.7 Å². The van der Waals surface area contributed by atoms with Crippen molar-refractivity contribution < 1.29 is 24.3 Å². The summed E-state index contributed by atoms with van der Waals surface area (Å²) in [5.74, 6) is -2.25. The van der Waals surface area contributed by atoms with Gasteiger partial charge in [-0.05, 0) is 12.1 Å². The number of aromatic carboxylic acids is 1. The first kappa shape index (κ1) is 15.4. The summed E-state index contributed by atoms with van der Waals surface area (Å²) in [5.41, 5.74) is 2.75. The third-order valence-corrected chi connectivity index (χ3v) is 3.67. The lowest BCUT2D eigenvalue weighted by molar-refractivity contribution is -0.136. The maximum absolute atomic E-state index is 11.7. The Bertz CT molecular complexity index is 627. The first-order valence-electron chi connectivity index (χ1n) is 6.03. The molecule has 1 aromatic carbocycles. The Hall–Kier alpha value is -1.97. The van der Waals surface area contributed by atoms with Gasteiger partial charge in [0.2, 0.25) is 11.8 Å². The van der Waals surface area contributed by atoms with Crippen LogP contribution in [0, 0.1) is 0 Å². The third kappa shape index (κ3) is 3.20. The molecule has 21 heavy (non-hydrogen) atoms. The molecule has 110 valence electrons. The van der Waals surface area contributed by atoms with Crippen LogP contribution in [0.1, 0.15) is 33.6 Å². The number of rotatable bonds is 5. The molecule has 1 aliphatic rings. The van der Waals surface area contributed by atoms with Crippen LogP contribution in [0.5, 0.6) is 0 Å². The predicted octanol–water partition coefficient (Wildman–Crippen LogP) is 1.48. The van der Waals surface area contributed by atoms with E-state index in [1.54, 1.807) is 0 Å². The van der Waals surface area contributed by atoms with Crippen LogP contribution in [0.2, 0.25) is 0 Å². The molecule has 0 atom stereocenters. The minimum Gasteiger partial charge on any atom is -0.478 e. The average molecular weight is 402 g/mol. The third-order valence-electron chi connectivity index (χ3n) is 2.98. The van der Waals surface area contributed by atoms with E-state index in [1.165, 1.54) is 18.2 Å². The lowest BCUT2D eigenvalue weighted by Crippen LogP contribution is -2.35. The van der Waals surface area contributed by atoms with Crippen molar-refractivity contribution in [2.24, 2.45) is 0 Å². The number of ketones is 1. The van der Waals surface area contributed by atoms with Crippen molar-refractivity contribution >= 4 is 51.8 Å². The van der Waals surface area contributed by atoms with Gasteiger partial charge in [-0.15, -0.1) is 0 Å². The quantitative estimate of drug-likeness (QED) is 0.335. The Morgan fingerprint density at radius 3 is 2.38 bits per heavy atom. The van der Waals surface area contributed by atoms with Gasteiger partial charge >= 0.3 is 5.97 Å². The second kappa shape index (κ2) is 6.20. The zero-order chi connectivity index (χ0) is 15.6. The maximum Gasteiger partial charge on any atom is 0.337 e. The lowest BCUT2D eigenvalue weighted by atomic mass is 10.1. The Kier molecular flexibility index (Phi) is 4.56. The number of carboxylic acids is 1. The van der Waals surface area contributed by atoms with Crippen LogP contribution in [0.15, 0.2) is 18.2 Å². The van der Waals surface area contributed by atoms with Gasteiger partial charge in [0.15, 0.2) is 5.78 Å². The molecule has 0 radical (unpaired) electrons. The van der Waals surface area contributed by atoms with Crippen LogP contribution in [0.3, 0.4) is 0 Å². The number of carboxylic acid groups (broad SMARTS) is 1. The van der Waals surface area contributed by atoms with E-state index in [1.807, 2.05) is 22.6 Å². The van der Waals surface area contributed by atoms with E-state index in [0.717, 1.165) is 5.01 Å². The van der Waals surface area contributed by atoms with E-state index in [2.05, 4.69) is 5.43 Å². The zero-order valence-electron chi connectivity index (χ0n) is 10.8. The fourth-order valence-corrected chi connectivity index (χ4v) is 2.34. The van der Waals surface area contributed by atoms with Gasteiger partial charge in [0, 0.05) is 18.4 Å². The van der Waals surface area contributed by atoms with Gasteiger partial charge in [0.25, 0.3) is 0 Å². The second-order valence-corrected chi connectivity index (χ2v) is 5.12. The average Bonchev–Trinajstić information content (AvgIpc) is 2.78. The minimum absolute atomic E-state index is 0.0433. The van der Waals surface area contributed by atoms with Crippen LogP contribution in [-0.2, 0) is 9.59 Å². The molecule has 0 aromatic heterocycles. The highest BCUT2D eigenvalue weighted by Crippen LogP contribution is 2.22. The van der Waals surface area contributed by atoms with E-state index >= 15 is 0 Å². The van der Waals surface area contributed by atoms with Gasteiger partial charge in [-0.2, -0.15) is 5.01 Å². The second-order valence-electron chi connectivity index (χ2n) is 4.36. The summed E-state index contributed by atoms with van der Waals surface area (Å²) in [6.07, 6.45) is 0.168. The molecule has 0 unspecified atom stereocenters. The number of halogens is 1. The van der Waals surface area contributed by atoms with Gasteiger partial charge in [0.1, 0.15) is 0 Å². The van der Waals surface area contributed by atoms with Crippen LogP contribution in [-0.4, -0.2) is 38.1 Å². The summed E-state index contributed by atoms with van der Waals surface area (Å²) in [4.78, 5) is 46.0. The van der Waals surface area contributed by atoms with Crippen molar-refractivity contribution in [2.75, 3.05) is 9.85 Å². The molecule has 0 spiro atoms. The number of hydrogen-bond acceptors (Lipinski definition) is 5. The summed E-state index contributed by atoms with van der Waals surface area (Å²) >= 11 is 1.90. The van der Waals surface area contributed by atoms with Crippen molar-refractivity contribution in [1.82, 2.24) is 5.01 Å². The Morgan fingerprint density at radius 1 is 1.24 bits per heavy atom. The highest BCUT2D eigenvalue weighted by atomic mass is 127. The van der Waals surface area contributed by atoms with E-state index < -0.39 is 17.8 Å². The molecule has 0 saturated carbocycles. The number of imide groups is 1. The number of amides is 2.